The SMILES string of the molecule is NC(C[C]=O)(C[C]=O)C(N)(C[C]=O)C[C]=O. The quantitative estimate of drug-likeness (QED) is 0.485. The summed E-state index contributed by atoms with van der Waals surface area (Å²) in [5.74, 6) is 0. The Morgan fingerprint density at radius 3 is 0.938 bits per heavy atom. The fraction of sp³-hybridized carbons (Fsp3) is 0.600. The molecule has 0 aliphatic carbocycles. The van der Waals surface area contributed by atoms with Crippen LogP contribution in [0.1, 0.15) is 25.7 Å². The minimum Gasteiger partial charge on any atom is -0.323 e. The van der Waals surface area contributed by atoms with Crippen LogP contribution in [0.5, 0.6) is 0 Å². The first-order chi connectivity index (χ1) is 7.49. The second-order valence-electron chi connectivity index (χ2n) is 3.60. The normalized spacial score (nSPS) is 11.9. The van der Waals surface area contributed by atoms with Crippen molar-refractivity contribution >= 4 is 25.1 Å². The van der Waals surface area contributed by atoms with E-state index in [0.29, 0.717) is 0 Å². The van der Waals surface area contributed by atoms with Crippen molar-refractivity contribution in [1.82, 2.24) is 0 Å². The molecule has 0 aromatic carbocycles. The van der Waals surface area contributed by atoms with Gasteiger partial charge in [-0.2, -0.15) is 0 Å². The molecule has 0 rings (SSSR count). The van der Waals surface area contributed by atoms with Crippen molar-refractivity contribution in [2.45, 2.75) is 36.8 Å². The van der Waals surface area contributed by atoms with Crippen molar-refractivity contribution in [2.24, 2.45) is 11.5 Å². The van der Waals surface area contributed by atoms with Gasteiger partial charge in [0.05, 0.1) is 0 Å². The second kappa shape index (κ2) is 6.24. The molecule has 86 valence electrons. The highest BCUT2D eigenvalue weighted by molar-refractivity contribution is 5.65. The predicted octanol–water partition coefficient (Wildman–Crippen LogP) is -1.62. The van der Waals surface area contributed by atoms with Gasteiger partial charge >= 0.3 is 0 Å². The maximum absolute atomic E-state index is 10.4. The Bertz CT molecular complexity index is 230. The summed E-state index contributed by atoms with van der Waals surface area (Å²) >= 11 is 0. The number of carbonyl (C=O) groups excluding carboxylic acids is 4. The molecule has 0 aliphatic heterocycles. The summed E-state index contributed by atoms with van der Waals surface area (Å²) in [7, 11) is 0. The topological polar surface area (TPSA) is 120 Å². The van der Waals surface area contributed by atoms with E-state index in [0.717, 1.165) is 0 Å². The predicted molar refractivity (Wildman–Crippen MR) is 55.1 cm³/mol. The van der Waals surface area contributed by atoms with Crippen molar-refractivity contribution in [3.63, 3.8) is 0 Å². The van der Waals surface area contributed by atoms with Crippen LogP contribution < -0.4 is 11.5 Å². The van der Waals surface area contributed by atoms with Crippen molar-refractivity contribution in [2.75, 3.05) is 0 Å². The van der Waals surface area contributed by atoms with Crippen LogP contribution in [0.2, 0.25) is 0 Å². The third-order valence-corrected chi connectivity index (χ3v) is 2.54. The van der Waals surface area contributed by atoms with Gasteiger partial charge in [0.15, 0.2) is 25.1 Å². The molecule has 4 radical (unpaired) electrons. The van der Waals surface area contributed by atoms with Gasteiger partial charge in [0.25, 0.3) is 0 Å². The molecular formula is C10H12N2O4. The molecule has 0 atom stereocenters. The van der Waals surface area contributed by atoms with Crippen LogP contribution >= 0.6 is 0 Å². The molecule has 6 nitrogen and oxygen atoms in total. The Balaban J connectivity index is 5.19. The molecule has 0 aromatic heterocycles. The van der Waals surface area contributed by atoms with E-state index in [-0.39, 0.29) is 25.7 Å². The number of hydrogen-bond donors (Lipinski definition) is 2. The van der Waals surface area contributed by atoms with E-state index in [1.807, 2.05) is 0 Å². The lowest BCUT2D eigenvalue weighted by atomic mass is 9.70. The fourth-order valence-electron chi connectivity index (χ4n) is 1.34. The molecule has 0 amide bonds. The maximum Gasteiger partial charge on any atom is 0.200 e. The van der Waals surface area contributed by atoms with Gasteiger partial charge in [-0.3, -0.25) is 19.2 Å². The van der Waals surface area contributed by atoms with Crippen molar-refractivity contribution in [3.8, 4) is 0 Å². The molecule has 0 spiro atoms. The lowest BCUT2D eigenvalue weighted by Gasteiger charge is -2.41. The van der Waals surface area contributed by atoms with Crippen LogP contribution in [-0.2, 0) is 19.2 Å². The molecule has 0 fully saturated rings. The summed E-state index contributed by atoms with van der Waals surface area (Å²) in [6.07, 6.45) is 4.60. The summed E-state index contributed by atoms with van der Waals surface area (Å²) in [4.78, 5) is 41.5. The Morgan fingerprint density at radius 1 is 0.625 bits per heavy atom. The lowest BCUT2D eigenvalue weighted by molar-refractivity contribution is 0.236. The summed E-state index contributed by atoms with van der Waals surface area (Å²) in [6.45, 7) is 0. The molecule has 4 N–H and O–H groups in total. The van der Waals surface area contributed by atoms with Gasteiger partial charge in [0.2, 0.25) is 0 Å². The molecule has 0 aromatic rings. The van der Waals surface area contributed by atoms with Crippen LogP contribution in [0.25, 0.3) is 0 Å². The van der Waals surface area contributed by atoms with E-state index < -0.39 is 11.1 Å². The van der Waals surface area contributed by atoms with Crippen LogP contribution in [0, 0.1) is 0 Å². The summed E-state index contributed by atoms with van der Waals surface area (Å²) < 4.78 is 0. The molecule has 16 heavy (non-hydrogen) atoms. The zero-order chi connectivity index (χ0) is 12.7. The molecule has 0 bridgehead atoms. The zero-order valence-corrected chi connectivity index (χ0v) is 8.62. The van der Waals surface area contributed by atoms with Crippen LogP contribution in [0.3, 0.4) is 0 Å². The minimum absolute atomic E-state index is 0.373. The van der Waals surface area contributed by atoms with E-state index in [2.05, 4.69) is 0 Å². The molecule has 0 saturated heterocycles. The van der Waals surface area contributed by atoms with E-state index in [4.69, 9.17) is 11.5 Å². The van der Waals surface area contributed by atoms with Crippen molar-refractivity contribution in [1.29, 1.82) is 0 Å². The third kappa shape index (κ3) is 3.04. The van der Waals surface area contributed by atoms with Crippen LogP contribution in [0.4, 0.5) is 0 Å². The van der Waals surface area contributed by atoms with E-state index in [1.165, 1.54) is 25.1 Å². The molecule has 0 aliphatic rings. The van der Waals surface area contributed by atoms with Crippen molar-refractivity contribution in [3.05, 3.63) is 0 Å². The van der Waals surface area contributed by atoms with Gasteiger partial charge in [0.1, 0.15) is 0 Å². The minimum atomic E-state index is -1.54. The van der Waals surface area contributed by atoms with Crippen LogP contribution in [0.15, 0.2) is 0 Å². The van der Waals surface area contributed by atoms with Gasteiger partial charge in [-0.25, -0.2) is 0 Å². The maximum atomic E-state index is 10.4. The average Bonchev–Trinajstić information content (AvgIpc) is 2.19. The molecule has 0 unspecified atom stereocenters. The van der Waals surface area contributed by atoms with Gasteiger partial charge in [-0.05, 0) is 0 Å². The number of rotatable bonds is 9. The summed E-state index contributed by atoms with van der Waals surface area (Å²) in [5.41, 5.74) is 8.45. The molecular weight excluding hydrogens is 212 g/mol. The summed E-state index contributed by atoms with van der Waals surface area (Å²) in [6, 6.07) is 0. The number of hydrogen-bond acceptors (Lipinski definition) is 6. The highest BCUT2D eigenvalue weighted by Gasteiger charge is 2.45. The van der Waals surface area contributed by atoms with E-state index in [1.54, 1.807) is 0 Å². The Kier molecular flexibility index (Phi) is 5.69. The van der Waals surface area contributed by atoms with Gasteiger partial charge in [0, 0.05) is 36.8 Å². The standard InChI is InChI=1S/C10H12N2O4/c11-9(1-5-13,2-6-14)10(12,3-7-15)4-8-16/h1-4,11-12H2. The molecule has 0 heterocycles. The van der Waals surface area contributed by atoms with E-state index in [9.17, 15) is 19.2 Å². The fourth-order valence-corrected chi connectivity index (χ4v) is 1.34. The Morgan fingerprint density at radius 2 is 0.812 bits per heavy atom. The monoisotopic (exact) mass is 224 g/mol. The van der Waals surface area contributed by atoms with Gasteiger partial charge < -0.3 is 11.5 Å². The molecule has 6 heteroatoms. The highest BCUT2D eigenvalue weighted by atomic mass is 16.1. The third-order valence-electron chi connectivity index (χ3n) is 2.54. The Labute approximate surface area is 93.3 Å². The molecule has 0 saturated carbocycles. The van der Waals surface area contributed by atoms with Crippen molar-refractivity contribution < 1.29 is 19.2 Å². The first kappa shape index (κ1) is 14.6. The summed E-state index contributed by atoms with van der Waals surface area (Å²) in [5, 5.41) is 0. The first-order valence-corrected chi connectivity index (χ1v) is 4.47. The lowest BCUT2D eigenvalue weighted by Crippen LogP contribution is -2.66. The second-order valence-corrected chi connectivity index (χ2v) is 3.60. The first-order valence-electron chi connectivity index (χ1n) is 4.47. The highest BCUT2D eigenvalue weighted by Crippen LogP contribution is 2.28. The van der Waals surface area contributed by atoms with Gasteiger partial charge in [-0.15, -0.1) is 0 Å². The van der Waals surface area contributed by atoms with Crippen LogP contribution in [-0.4, -0.2) is 36.2 Å². The Hall–Kier alpha value is -1.40. The smallest absolute Gasteiger partial charge is 0.200 e. The largest absolute Gasteiger partial charge is 0.323 e. The van der Waals surface area contributed by atoms with Gasteiger partial charge in [-0.1, -0.05) is 0 Å². The van der Waals surface area contributed by atoms with E-state index >= 15 is 0 Å². The average molecular weight is 224 g/mol. The zero-order valence-electron chi connectivity index (χ0n) is 8.62. The number of nitrogens with two attached hydrogens (primary N) is 2.